The van der Waals surface area contributed by atoms with Gasteiger partial charge in [0.25, 0.3) is 0 Å². The van der Waals surface area contributed by atoms with Crippen LogP contribution < -0.4 is 9.47 Å². The lowest BCUT2D eigenvalue weighted by Crippen LogP contribution is -2.29. The Hall–Kier alpha value is -1.22. The lowest BCUT2D eigenvalue weighted by atomic mass is 10.2. The molecule has 1 saturated heterocycles. The van der Waals surface area contributed by atoms with Crippen LogP contribution in [-0.2, 0) is 0 Å². The number of para-hydroxylation sites is 2. The van der Waals surface area contributed by atoms with E-state index in [0.29, 0.717) is 6.61 Å². The van der Waals surface area contributed by atoms with Crippen molar-refractivity contribution < 1.29 is 9.47 Å². The van der Waals surface area contributed by atoms with E-state index in [9.17, 15) is 0 Å². The fourth-order valence-electron chi connectivity index (χ4n) is 2.49. The number of hydrogen-bond acceptors (Lipinski definition) is 3. The predicted octanol–water partition coefficient (Wildman–Crippen LogP) is 3.34. The summed E-state index contributed by atoms with van der Waals surface area (Å²) >= 11 is 0. The molecule has 0 radical (unpaired) electrons. The van der Waals surface area contributed by atoms with Crippen molar-refractivity contribution >= 4 is 0 Å². The van der Waals surface area contributed by atoms with Crippen LogP contribution in [0, 0.1) is 0 Å². The Morgan fingerprint density at radius 3 is 2.21 bits per heavy atom. The fourth-order valence-corrected chi connectivity index (χ4v) is 2.49. The second-order valence-electron chi connectivity index (χ2n) is 4.98. The summed E-state index contributed by atoms with van der Waals surface area (Å²) in [7, 11) is 0. The molecule has 0 unspecified atom stereocenters. The molecule has 3 heteroatoms. The maximum Gasteiger partial charge on any atom is 0.161 e. The number of benzene rings is 1. The minimum atomic E-state index is 0.673. The molecule has 1 aromatic rings. The Morgan fingerprint density at radius 2 is 1.58 bits per heavy atom. The topological polar surface area (TPSA) is 21.7 Å². The van der Waals surface area contributed by atoms with Crippen molar-refractivity contribution in [1.82, 2.24) is 4.90 Å². The van der Waals surface area contributed by atoms with Crippen molar-refractivity contribution in [3.8, 4) is 11.5 Å². The minimum absolute atomic E-state index is 0.673. The summed E-state index contributed by atoms with van der Waals surface area (Å²) in [5.74, 6) is 1.71. The number of rotatable bonds is 6. The molecule has 0 amide bonds. The second-order valence-corrected chi connectivity index (χ2v) is 4.98. The van der Waals surface area contributed by atoms with Crippen LogP contribution in [-0.4, -0.2) is 37.7 Å². The normalized spacial score (nSPS) is 16.9. The summed E-state index contributed by atoms with van der Waals surface area (Å²) in [5.41, 5.74) is 0. The first-order chi connectivity index (χ1) is 9.40. The van der Waals surface area contributed by atoms with Crippen molar-refractivity contribution in [3.63, 3.8) is 0 Å². The molecule has 106 valence electrons. The van der Waals surface area contributed by atoms with Crippen LogP contribution in [0.1, 0.15) is 32.6 Å². The molecule has 0 saturated carbocycles. The number of hydrogen-bond donors (Lipinski definition) is 0. The highest BCUT2D eigenvalue weighted by Gasteiger charge is 2.09. The van der Waals surface area contributed by atoms with Gasteiger partial charge in [-0.1, -0.05) is 25.0 Å². The van der Waals surface area contributed by atoms with E-state index < -0.39 is 0 Å². The van der Waals surface area contributed by atoms with Crippen molar-refractivity contribution in [2.45, 2.75) is 32.6 Å². The molecule has 0 N–H and O–H groups in total. The first-order valence-corrected chi connectivity index (χ1v) is 7.47. The van der Waals surface area contributed by atoms with Crippen LogP contribution in [0.4, 0.5) is 0 Å². The monoisotopic (exact) mass is 263 g/mol. The average molecular weight is 263 g/mol. The van der Waals surface area contributed by atoms with Gasteiger partial charge in [-0.3, -0.25) is 4.90 Å². The zero-order valence-electron chi connectivity index (χ0n) is 11.9. The Kier molecular flexibility index (Phi) is 6.02. The highest BCUT2D eigenvalue weighted by Crippen LogP contribution is 2.26. The van der Waals surface area contributed by atoms with Gasteiger partial charge in [0.15, 0.2) is 11.5 Å². The summed E-state index contributed by atoms with van der Waals surface area (Å²) in [4.78, 5) is 2.51. The zero-order valence-corrected chi connectivity index (χ0v) is 11.9. The summed E-state index contributed by atoms with van der Waals surface area (Å²) < 4.78 is 11.4. The van der Waals surface area contributed by atoms with Gasteiger partial charge in [-0.05, 0) is 45.0 Å². The van der Waals surface area contributed by atoms with Crippen molar-refractivity contribution in [1.29, 1.82) is 0 Å². The molecule has 1 aromatic carbocycles. The summed E-state index contributed by atoms with van der Waals surface area (Å²) in [5, 5.41) is 0. The standard InChI is InChI=1S/C16H25NO2/c1-2-18-15-9-5-6-10-16(15)19-14-13-17-11-7-3-4-8-12-17/h5-6,9-10H,2-4,7-8,11-14H2,1H3. The lowest BCUT2D eigenvalue weighted by Gasteiger charge is -2.20. The van der Waals surface area contributed by atoms with Crippen LogP contribution >= 0.6 is 0 Å². The molecule has 0 aliphatic carbocycles. The first kappa shape index (κ1) is 14.2. The van der Waals surface area contributed by atoms with Crippen LogP contribution in [0.5, 0.6) is 11.5 Å². The van der Waals surface area contributed by atoms with Gasteiger partial charge in [-0.25, -0.2) is 0 Å². The van der Waals surface area contributed by atoms with E-state index in [0.717, 1.165) is 24.7 Å². The Balaban J connectivity index is 1.78. The van der Waals surface area contributed by atoms with Crippen LogP contribution in [0.25, 0.3) is 0 Å². The number of likely N-dealkylation sites (tertiary alicyclic amines) is 1. The fraction of sp³-hybridized carbons (Fsp3) is 0.625. The van der Waals surface area contributed by atoms with Gasteiger partial charge >= 0.3 is 0 Å². The molecule has 0 aromatic heterocycles. The van der Waals surface area contributed by atoms with Gasteiger partial charge in [-0.15, -0.1) is 0 Å². The molecule has 19 heavy (non-hydrogen) atoms. The van der Waals surface area contributed by atoms with Gasteiger partial charge in [0.1, 0.15) is 6.61 Å². The first-order valence-electron chi connectivity index (χ1n) is 7.47. The van der Waals surface area contributed by atoms with Gasteiger partial charge < -0.3 is 9.47 Å². The van der Waals surface area contributed by atoms with Crippen LogP contribution in [0.2, 0.25) is 0 Å². The quantitative estimate of drug-likeness (QED) is 0.785. The summed E-state index contributed by atoms with van der Waals surface area (Å²) in [6.45, 7) is 6.86. The maximum absolute atomic E-state index is 5.87. The third kappa shape index (κ3) is 4.75. The SMILES string of the molecule is CCOc1ccccc1OCCN1CCCCCC1. The van der Waals surface area contributed by atoms with Crippen LogP contribution in [0.15, 0.2) is 24.3 Å². The maximum atomic E-state index is 5.87. The summed E-state index contributed by atoms with van der Waals surface area (Å²) in [6, 6.07) is 7.91. The molecule has 1 aliphatic heterocycles. The van der Waals surface area contributed by atoms with E-state index in [4.69, 9.17) is 9.47 Å². The Labute approximate surface area is 116 Å². The molecule has 1 heterocycles. The molecule has 0 atom stereocenters. The molecule has 2 rings (SSSR count). The van der Waals surface area contributed by atoms with E-state index in [2.05, 4.69) is 4.90 Å². The Morgan fingerprint density at radius 1 is 0.947 bits per heavy atom. The van der Waals surface area contributed by atoms with E-state index >= 15 is 0 Å². The molecule has 1 fully saturated rings. The van der Waals surface area contributed by atoms with Crippen molar-refractivity contribution in [3.05, 3.63) is 24.3 Å². The summed E-state index contributed by atoms with van der Waals surface area (Å²) in [6.07, 6.45) is 5.42. The molecule has 3 nitrogen and oxygen atoms in total. The zero-order chi connectivity index (χ0) is 13.3. The predicted molar refractivity (Wildman–Crippen MR) is 78.0 cm³/mol. The van der Waals surface area contributed by atoms with E-state index in [1.54, 1.807) is 0 Å². The molecule has 0 bridgehead atoms. The highest BCUT2D eigenvalue weighted by atomic mass is 16.5. The molecular weight excluding hydrogens is 238 g/mol. The molecule has 1 aliphatic rings. The van der Waals surface area contributed by atoms with Crippen molar-refractivity contribution in [2.24, 2.45) is 0 Å². The lowest BCUT2D eigenvalue weighted by molar-refractivity contribution is 0.206. The smallest absolute Gasteiger partial charge is 0.161 e. The Bertz CT molecular complexity index is 360. The van der Waals surface area contributed by atoms with E-state index in [-0.39, 0.29) is 0 Å². The van der Waals surface area contributed by atoms with E-state index in [1.807, 2.05) is 31.2 Å². The third-order valence-corrected chi connectivity index (χ3v) is 3.51. The highest BCUT2D eigenvalue weighted by molar-refractivity contribution is 5.39. The minimum Gasteiger partial charge on any atom is -0.490 e. The molecule has 0 spiro atoms. The second kappa shape index (κ2) is 8.05. The van der Waals surface area contributed by atoms with Gasteiger partial charge in [0.2, 0.25) is 0 Å². The number of ether oxygens (including phenoxy) is 2. The largest absolute Gasteiger partial charge is 0.490 e. The van der Waals surface area contributed by atoms with Crippen LogP contribution in [0.3, 0.4) is 0 Å². The van der Waals surface area contributed by atoms with Gasteiger partial charge in [0.05, 0.1) is 6.61 Å². The molecular formula is C16H25NO2. The van der Waals surface area contributed by atoms with Gasteiger partial charge in [-0.2, -0.15) is 0 Å². The van der Waals surface area contributed by atoms with Crippen molar-refractivity contribution in [2.75, 3.05) is 32.8 Å². The van der Waals surface area contributed by atoms with Gasteiger partial charge in [0, 0.05) is 6.54 Å². The third-order valence-electron chi connectivity index (χ3n) is 3.51. The average Bonchev–Trinajstić information content (AvgIpc) is 2.70. The van der Waals surface area contributed by atoms with E-state index in [1.165, 1.54) is 38.8 Å². The number of nitrogens with zero attached hydrogens (tertiary/aromatic N) is 1.